The number of hydrogen-bond acceptors (Lipinski definition) is 0. The van der Waals surface area contributed by atoms with Crippen molar-refractivity contribution in [3.63, 3.8) is 0 Å². The first-order valence-electron chi connectivity index (χ1n) is 30.4. The Morgan fingerprint density at radius 1 is 0.473 bits per heavy atom. The van der Waals surface area contributed by atoms with Gasteiger partial charge in [0.25, 0.3) is 0 Å². The molecular weight excluding hydrogens is 1030 g/mol. The van der Waals surface area contributed by atoms with Crippen LogP contribution < -0.4 is 24.8 Å². The molecule has 0 nitrogen and oxygen atoms in total. The van der Waals surface area contributed by atoms with Gasteiger partial charge in [0.15, 0.2) is 0 Å². The molecule has 10 fully saturated rings. The second-order valence-electron chi connectivity index (χ2n) is 26.5. The van der Waals surface area contributed by atoms with Crippen LogP contribution in [0.2, 0.25) is 12.6 Å². The van der Waals surface area contributed by atoms with Gasteiger partial charge in [-0.3, -0.25) is 0 Å². The van der Waals surface area contributed by atoms with E-state index >= 15 is 0 Å². The topological polar surface area (TPSA) is 0 Å². The molecule has 74 heavy (non-hydrogen) atoms. The maximum Gasteiger partial charge on any atom is -0.00391 e. The van der Waals surface area contributed by atoms with E-state index in [9.17, 15) is 0 Å². The minimum atomic E-state index is 0. The molecular formula is C70H88Cl2SiZr-2. The Morgan fingerprint density at radius 3 is 1.11 bits per heavy atom. The Labute approximate surface area is 476 Å². The summed E-state index contributed by atoms with van der Waals surface area (Å²) in [5.41, 5.74) is 13.3. The third-order valence-corrected chi connectivity index (χ3v) is 24.0. The number of fused-ring (bicyclic) bond motifs is 2. The Morgan fingerprint density at radius 2 is 0.811 bits per heavy atom. The standard InChI is InChI=1S/2C33H39.C4H10Si.2ClH.Zr/c2*1-2-4-7-23(6-3-1)14-24-18-29-8-5-9-31(32(29)19-24)28-10-12-30(13-11-28)33-20-25-15-26(21-33)17-27(16-25)22-33;1-3-4-5-2;;;/h2*5,8-13,18-19,23,25-27H,1-4,6-7,14-17,20-22H2;3-4H2,1-2H3;2*1H;/q2*-1;;;;+2/p-2. The maximum atomic E-state index is 2.52. The van der Waals surface area contributed by atoms with Gasteiger partial charge in [-0.1, -0.05) is 149 Å². The third kappa shape index (κ3) is 12.2. The van der Waals surface area contributed by atoms with Crippen molar-refractivity contribution in [2.45, 2.75) is 204 Å². The van der Waals surface area contributed by atoms with Gasteiger partial charge in [0.2, 0.25) is 0 Å². The molecule has 0 aliphatic heterocycles. The molecule has 0 radical (unpaired) electrons. The number of rotatable bonds is 10. The van der Waals surface area contributed by atoms with Gasteiger partial charge in [-0.05, 0) is 170 Å². The van der Waals surface area contributed by atoms with Crippen LogP contribution in [0.1, 0.15) is 190 Å². The summed E-state index contributed by atoms with van der Waals surface area (Å²) >= 11 is 1.79. The molecule has 0 aromatic heterocycles. The molecule has 16 rings (SSSR count). The summed E-state index contributed by atoms with van der Waals surface area (Å²) in [7, 11) is 0. The monoisotopic (exact) mass is 1120 g/mol. The predicted molar refractivity (Wildman–Crippen MR) is 306 cm³/mol. The van der Waals surface area contributed by atoms with E-state index in [-0.39, 0.29) is 30.2 Å². The van der Waals surface area contributed by atoms with Crippen LogP contribution in [0, 0.1) is 47.3 Å². The van der Waals surface area contributed by atoms with E-state index in [2.05, 4.69) is 123 Å². The average Bonchev–Trinajstić information content (AvgIpc) is 3.77. The normalized spacial score (nSPS) is 29.1. The Kier molecular flexibility index (Phi) is 18.2. The van der Waals surface area contributed by atoms with Crippen LogP contribution in [0.25, 0.3) is 43.8 Å². The van der Waals surface area contributed by atoms with Gasteiger partial charge >= 0.3 is 54.7 Å². The van der Waals surface area contributed by atoms with Gasteiger partial charge in [0, 0.05) is 0 Å². The summed E-state index contributed by atoms with van der Waals surface area (Å²) in [6.45, 7) is 4.66. The largest absolute Gasteiger partial charge is 1.00 e. The van der Waals surface area contributed by atoms with Gasteiger partial charge in [-0.2, -0.15) is 12.1 Å². The van der Waals surface area contributed by atoms with Gasteiger partial charge in [0.05, 0.1) is 0 Å². The van der Waals surface area contributed by atoms with E-state index in [0.29, 0.717) is 10.8 Å². The summed E-state index contributed by atoms with van der Waals surface area (Å²) in [5, 5.41) is 5.79. The van der Waals surface area contributed by atoms with Crippen LogP contribution >= 0.6 is 0 Å². The summed E-state index contributed by atoms with van der Waals surface area (Å²) in [6, 6.07) is 45.2. The first-order chi connectivity index (χ1) is 35.2. The SMILES string of the molecule is CCC[Si](C)=[Zr+2].[Cl-].[Cl-].c1cc(-c2ccc(C34CC5CC(CC(C5)C3)C4)cc2)c2cc(CC3CCCCCC3)[cH-]c2c1.c1cc(-c2ccc(C34CC5CC(CC(C5)C3)C4)cc2)c2cc(CC3CCCCCC3)[cH-]c2c1. The van der Waals surface area contributed by atoms with Gasteiger partial charge in [0.1, 0.15) is 0 Å². The van der Waals surface area contributed by atoms with Crippen LogP contribution in [-0.4, -0.2) is 5.43 Å². The molecule has 392 valence electrons. The van der Waals surface area contributed by atoms with Crippen molar-refractivity contribution < 1.29 is 48.1 Å². The Balaban J connectivity index is 0.000000149. The van der Waals surface area contributed by atoms with E-state index < -0.39 is 0 Å². The van der Waals surface area contributed by atoms with Crippen LogP contribution in [0.3, 0.4) is 0 Å². The van der Waals surface area contributed by atoms with Crippen molar-refractivity contribution in [1.82, 2.24) is 0 Å². The van der Waals surface area contributed by atoms with Crippen molar-refractivity contribution in [2.24, 2.45) is 47.3 Å². The fourth-order valence-electron chi connectivity index (χ4n) is 18.4. The van der Waals surface area contributed by atoms with E-state index in [1.807, 2.05) is 0 Å². The number of hydrogen-bond donors (Lipinski definition) is 0. The first-order valence-corrected chi connectivity index (χ1v) is 36.3. The molecule has 10 saturated carbocycles. The van der Waals surface area contributed by atoms with Gasteiger partial charge < -0.3 is 24.8 Å². The Bertz CT molecular complexity index is 2520. The van der Waals surface area contributed by atoms with Crippen molar-refractivity contribution in [3.8, 4) is 22.3 Å². The zero-order valence-corrected chi connectivity index (χ0v) is 50.5. The zero-order chi connectivity index (χ0) is 48.7. The van der Waals surface area contributed by atoms with E-state index in [0.717, 1.165) is 47.3 Å². The quantitative estimate of drug-likeness (QED) is 0.0729. The number of halogens is 2. The molecule has 4 heteroatoms. The summed E-state index contributed by atoms with van der Waals surface area (Å²) in [4.78, 5) is 0. The minimum absolute atomic E-state index is 0. The van der Waals surface area contributed by atoms with Crippen LogP contribution in [0.15, 0.2) is 109 Å². The van der Waals surface area contributed by atoms with Crippen LogP contribution in [0.5, 0.6) is 0 Å². The maximum absolute atomic E-state index is 2.52. The molecule has 0 atom stereocenters. The molecule has 6 aromatic rings. The zero-order valence-electron chi connectivity index (χ0n) is 45.6. The van der Waals surface area contributed by atoms with E-state index in [1.54, 1.807) is 45.6 Å². The van der Waals surface area contributed by atoms with E-state index in [4.69, 9.17) is 0 Å². The predicted octanol–water partition coefficient (Wildman–Crippen LogP) is 14.0. The minimum Gasteiger partial charge on any atom is -1.00 e. The van der Waals surface area contributed by atoms with E-state index in [1.165, 1.54) is 223 Å². The molecule has 6 aromatic carbocycles. The molecule has 0 unspecified atom stereocenters. The molecule has 0 amide bonds. The molecule has 10 aliphatic carbocycles. The summed E-state index contributed by atoms with van der Waals surface area (Å²) < 4.78 is 0. The molecule has 10 aliphatic rings. The second kappa shape index (κ2) is 24.4. The second-order valence-corrected chi connectivity index (χ2v) is 34.9. The Hall–Kier alpha value is -2.22. The van der Waals surface area contributed by atoms with Gasteiger partial charge in [-0.25, -0.2) is 0 Å². The molecule has 0 heterocycles. The van der Waals surface area contributed by atoms with Crippen LogP contribution in [0.4, 0.5) is 0 Å². The van der Waals surface area contributed by atoms with Crippen molar-refractivity contribution >= 4 is 27.0 Å². The average molecular weight is 1120 g/mol. The van der Waals surface area contributed by atoms with Crippen molar-refractivity contribution in [1.29, 1.82) is 0 Å². The van der Waals surface area contributed by atoms with Crippen molar-refractivity contribution in [2.75, 3.05) is 0 Å². The fourth-order valence-corrected chi connectivity index (χ4v) is 21.0. The first kappa shape index (κ1) is 55.1. The third-order valence-electron chi connectivity index (χ3n) is 20.9. The summed E-state index contributed by atoms with van der Waals surface area (Å²) in [6.07, 6.45) is 39.1. The molecule has 0 N–H and O–H groups in total. The van der Waals surface area contributed by atoms with Gasteiger partial charge in [-0.15, -0.1) is 69.1 Å². The van der Waals surface area contributed by atoms with Crippen LogP contribution in [-0.2, 0) is 47.0 Å². The summed E-state index contributed by atoms with van der Waals surface area (Å²) in [5.74, 6) is 7.88. The molecule has 0 saturated heterocycles. The van der Waals surface area contributed by atoms with Crippen molar-refractivity contribution in [3.05, 3.63) is 131 Å². The molecule has 0 spiro atoms. The number of benzene rings is 4. The molecule has 8 bridgehead atoms. The fraction of sp³-hybridized carbons (Fsp3) is 0.571. The smallest absolute Gasteiger partial charge is 0.00391 e.